The molecule has 0 N–H and O–H groups in total. The van der Waals surface area contributed by atoms with Gasteiger partial charge in [0.15, 0.2) is 5.82 Å². The molecule has 2 aromatic heterocycles. The lowest BCUT2D eigenvalue weighted by Crippen LogP contribution is -2.33. The number of rotatable bonds is 6. The zero-order valence-electron chi connectivity index (χ0n) is 17.4. The molecule has 156 valence electrons. The minimum absolute atomic E-state index is 0.0686. The third-order valence-electron chi connectivity index (χ3n) is 5.73. The summed E-state index contributed by atoms with van der Waals surface area (Å²) in [5, 5.41) is 15.3. The van der Waals surface area contributed by atoms with Crippen LogP contribution in [0.3, 0.4) is 0 Å². The smallest absolute Gasteiger partial charge is 0.269 e. The molecule has 1 saturated heterocycles. The number of hydrogen-bond donors (Lipinski definition) is 0. The zero-order chi connectivity index (χ0) is 21.1. The van der Waals surface area contributed by atoms with Crippen LogP contribution in [-0.2, 0) is 13.0 Å². The van der Waals surface area contributed by atoms with Crippen molar-refractivity contribution in [3.8, 4) is 11.4 Å². The summed E-state index contributed by atoms with van der Waals surface area (Å²) in [7, 11) is 0. The van der Waals surface area contributed by atoms with Crippen molar-refractivity contribution in [3.63, 3.8) is 0 Å². The highest BCUT2D eigenvalue weighted by molar-refractivity contribution is 5.60. The van der Waals surface area contributed by atoms with E-state index >= 15 is 0 Å². The Bertz CT molecular complexity index is 1020. The highest BCUT2D eigenvalue weighted by Crippen LogP contribution is 2.31. The van der Waals surface area contributed by atoms with Gasteiger partial charge in [-0.3, -0.25) is 14.8 Å². The molecule has 0 bridgehead atoms. The molecule has 0 saturated carbocycles. The fraction of sp³-hybridized carbons (Fsp3) is 0.409. The van der Waals surface area contributed by atoms with E-state index in [1.807, 2.05) is 10.9 Å². The Balaban J connectivity index is 1.53. The summed E-state index contributed by atoms with van der Waals surface area (Å²) in [4.78, 5) is 22.3. The van der Waals surface area contributed by atoms with Gasteiger partial charge in [-0.15, -0.1) is 0 Å². The summed E-state index contributed by atoms with van der Waals surface area (Å²) < 4.78 is 1.98. The average molecular weight is 406 g/mol. The Morgan fingerprint density at radius 2 is 1.87 bits per heavy atom. The molecule has 0 atom stereocenters. The lowest BCUT2D eigenvalue weighted by molar-refractivity contribution is -0.384. The lowest BCUT2D eigenvalue weighted by Gasteiger charge is -2.32. The Hall–Kier alpha value is -3.29. The first-order valence-electron chi connectivity index (χ1n) is 10.5. The molecule has 0 radical (unpaired) electrons. The van der Waals surface area contributed by atoms with Crippen LogP contribution in [0, 0.1) is 10.1 Å². The number of piperidine rings is 1. The number of benzene rings is 1. The van der Waals surface area contributed by atoms with Crippen LogP contribution in [0.15, 0.2) is 42.7 Å². The summed E-state index contributed by atoms with van der Waals surface area (Å²) in [5.41, 5.74) is 3.15. The van der Waals surface area contributed by atoms with Crippen LogP contribution in [0.4, 0.5) is 11.5 Å². The number of aryl methyl sites for hydroxylation is 2. The Morgan fingerprint density at radius 1 is 1.13 bits per heavy atom. The van der Waals surface area contributed by atoms with E-state index in [4.69, 9.17) is 4.98 Å². The predicted molar refractivity (Wildman–Crippen MR) is 116 cm³/mol. The number of nitro benzene ring substituents is 1. The van der Waals surface area contributed by atoms with Crippen molar-refractivity contribution in [2.24, 2.45) is 0 Å². The predicted octanol–water partition coefficient (Wildman–Crippen LogP) is 4.21. The van der Waals surface area contributed by atoms with Crippen LogP contribution in [0.1, 0.15) is 43.9 Å². The summed E-state index contributed by atoms with van der Waals surface area (Å²) in [5.74, 6) is 2.08. The minimum atomic E-state index is -0.396. The van der Waals surface area contributed by atoms with Gasteiger partial charge in [-0.1, -0.05) is 6.92 Å². The molecule has 3 aromatic rings. The van der Waals surface area contributed by atoms with Crippen molar-refractivity contribution in [2.45, 2.75) is 45.6 Å². The van der Waals surface area contributed by atoms with Gasteiger partial charge in [0.05, 0.1) is 11.1 Å². The summed E-state index contributed by atoms with van der Waals surface area (Å²) in [6, 6.07) is 8.49. The molecular weight excluding hydrogens is 380 g/mol. The second-order valence-corrected chi connectivity index (χ2v) is 7.59. The maximum absolute atomic E-state index is 10.9. The largest absolute Gasteiger partial charge is 0.356 e. The van der Waals surface area contributed by atoms with Crippen LogP contribution >= 0.6 is 0 Å². The molecule has 30 heavy (non-hydrogen) atoms. The molecule has 0 spiro atoms. The van der Waals surface area contributed by atoms with Crippen molar-refractivity contribution in [1.82, 2.24) is 19.7 Å². The first-order valence-corrected chi connectivity index (χ1v) is 10.5. The van der Waals surface area contributed by atoms with Gasteiger partial charge in [0.1, 0.15) is 5.82 Å². The Kier molecular flexibility index (Phi) is 5.74. The first kappa shape index (κ1) is 20.0. The van der Waals surface area contributed by atoms with E-state index in [9.17, 15) is 10.1 Å². The number of hydrogen-bond acceptors (Lipinski definition) is 6. The molecule has 1 aliphatic rings. The molecule has 1 aromatic carbocycles. The second kappa shape index (κ2) is 8.61. The van der Waals surface area contributed by atoms with Crippen molar-refractivity contribution in [2.75, 3.05) is 18.0 Å². The van der Waals surface area contributed by atoms with Gasteiger partial charge in [-0.05, 0) is 49.8 Å². The standard InChI is InChI=1S/C22H26N6O2/c1-3-19-13-21(25-22(24-19)17-5-7-20(8-6-17)28(29)30)26-11-9-16(10-12-26)18-14-23-27(4-2)15-18/h5-8,13-16H,3-4,9-12H2,1-2H3. The molecule has 4 rings (SSSR count). The molecule has 1 fully saturated rings. The van der Waals surface area contributed by atoms with E-state index < -0.39 is 4.92 Å². The number of aromatic nitrogens is 4. The van der Waals surface area contributed by atoms with E-state index in [-0.39, 0.29) is 5.69 Å². The van der Waals surface area contributed by atoms with Gasteiger partial charge in [-0.2, -0.15) is 5.10 Å². The zero-order valence-corrected chi connectivity index (χ0v) is 17.4. The van der Waals surface area contributed by atoms with E-state index in [1.54, 1.807) is 12.1 Å². The van der Waals surface area contributed by atoms with E-state index in [2.05, 4.69) is 41.1 Å². The molecule has 0 unspecified atom stereocenters. The van der Waals surface area contributed by atoms with Gasteiger partial charge >= 0.3 is 0 Å². The van der Waals surface area contributed by atoms with Gasteiger partial charge in [0, 0.05) is 55.3 Å². The van der Waals surface area contributed by atoms with Crippen molar-refractivity contribution >= 4 is 11.5 Å². The SMILES string of the molecule is CCc1cc(N2CCC(c3cnn(CC)c3)CC2)nc(-c2ccc([N+](=O)[O-])cc2)n1. The fourth-order valence-corrected chi connectivity index (χ4v) is 3.89. The minimum Gasteiger partial charge on any atom is -0.356 e. The second-order valence-electron chi connectivity index (χ2n) is 7.59. The van der Waals surface area contributed by atoms with Gasteiger partial charge in [0.2, 0.25) is 0 Å². The monoisotopic (exact) mass is 406 g/mol. The molecule has 8 heteroatoms. The number of nitro groups is 1. The number of nitrogens with zero attached hydrogens (tertiary/aromatic N) is 6. The normalized spacial score (nSPS) is 14.8. The molecule has 1 aliphatic heterocycles. The topological polar surface area (TPSA) is 90.0 Å². The number of anilines is 1. The van der Waals surface area contributed by atoms with Gasteiger partial charge in [0.25, 0.3) is 5.69 Å². The fourth-order valence-electron chi connectivity index (χ4n) is 3.89. The van der Waals surface area contributed by atoms with Gasteiger partial charge in [-0.25, -0.2) is 9.97 Å². The van der Waals surface area contributed by atoms with E-state index in [1.165, 1.54) is 17.7 Å². The molecule has 3 heterocycles. The molecule has 0 amide bonds. The molecule has 8 nitrogen and oxygen atoms in total. The molecule has 0 aliphatic carbocycles. The Morgan fingerprint density at radius 3 is 2.47 bits per heavy atom. The third-order valence-corrected chi connectivity index (χ3v) is 5.73. The summed E-state index contributed by atoms with van der Waals surface area (Å²) in [6.07, 6.45) is 7.09. The van der Waals surface area contributed by atoms with Crippen LogP contribution in [0.2, 0.25) is 0 Å². The summed E-state index contributed by atoms with van der Waals surface area (Å²) in [6.45, 7) is 6.93. The van der Waals surface area contributed by atoms with Crippen molar-refractivity contribution in [3.05, 3.63) is 64.1 Å². The average Bonchev–Trinajstić information content (AvgIpc) is 3.28. The lowest BCUT2D eigenvalue weighted by atomic mass is 9.91. The molecular formula is C22H26N6O2. The maximum Gasteiger partial charge on any atom is 0.269 e. The maximum atomic E-state index is 10.9. The third kappa shape index (κ3) is 4.17. The highest BCUT2D eigenvalue weighted by Gasteiger charge is 2.23. The van der Waals surface area contributed by atoms with E-state index in [0.29, 0.717) is 11.7 Å². The Labute approximate surface area is 175 Å². The van der Waals surface area contributed by atoms with Crippen LogP contribution in [0.5, 0.6) is 0 Å². The van der Waals surface area contributed by atoms with Crippen molar-refractivity contribution in [1.29, 1.82) is 0 Å². The summed E-state index contributed by atoms with van der Waals surface area (Å²) >= 11 is 0. The number of non-ortho nitro benzene ring substituents is 1. The van der Waals surface area contributed by atoms with Crippen molar-refractivity contribution < 1.29 is 4.92 Å². The quantitative estimate of drug-likeness (QED) is 0.450. The first-order chi connectivity index (χ1) is 14.6. The van der Waals surface area contributed by atoms with E-state index in [0.717, 1.165) is 56.0 Å². The van der Waals surface area contributed by atoms with Crippen LogP contribution in [-0.4, -0.2) is 37.8 Å². The van der Waals surface area contributed by atoms with Crippen LogP contribution in [0.25, 0.3) is 11.4 Å². The van der Waals surface area contributed by atoms with Crippen LogP contribution < -0.4 is 4.90 Å². The highest BCUT2D eigenvalue weighted by atomic mass is 16.6. The van der Waals surface area contributed by atoms with Gasteiger partial charge < -0.3 is 4.90 Å².